The summed E-state index contributed by atoms with van der Waals surface area (Å²) in [5.74, 6) is -7.38. The van der Waals surface area contributed by atoms with E-state index >= 15 is 0 Å². The number of carbonyl (C=O) groups is 1. The fraction of sp³-hybridized carbons (Fsp3) is 0. The van der Waals surface area contributed by atoms with Crippen molar-refractivity contribution >= 4 is 27.5 Å². The molecule has 4 nitrogen and oxygen atoms in total. The third kappa shape index (κ3) is 2.60. The van der Waals surface area contributed by atoms with E-state index in [0.29, 0.717) is 10.5 Å². The minimum Gasteiger partial charge on any atom is -0.503 e. The average Bonchev–Trinajstić information content (AvgIpc) is 2.43. The summed E-state index contributed by atoms with van der Waals surface area (Å²) >= 11 is 3.10. The first-order valence-corrected chi connectivity index (χ1v) is 5.98. The number of rotatable bonds is 2. The van der Waals surface area contributed by atoms with Gasteiger partial charge in [0.1, 0.15) is 0 Å². The number of phenolic OH excluding ortho intramolecular Hbond substituents is 1. The van der Waals surface area contributed by atoms with Crippen LogP contribution < -0.4 is 5.32 Å². The van der Waals surface area contributed by atoms with Gasteiger partial charge < -0.3 is 10.4 Å². The molecule has 0 spiro atoms. The maximum Gasteiger partial charge on any atom is 0.258 e. The summed E-state index contributed by atoms with van der Waals surface area (Å²) in [6.07, 6.45) is 2.76. The summed E-state index contributed by atoms with van der Waals surface area (Å²) in [5.41, 5.74) is -0.557. The first kappa shape index (κ1) is 14.3. The number of amides is 1. The lowest BCUT2D eigenvalue weighted by molar-refractivity contribution is 0.102. The number of aromatic hydroxyl groups is 1. The first-order chi connectivity index (χ1) is 9.41. The van der Waals surface area contributed by atoms with Gasteiger partial charge in [0.05, 0.1) is 15.7 Å². The van der Waals surface area contributed by atoms with E-state index in [4.69, 9.17) is 5.11 Å². The van der Waals surface area contributed by atoms with Crippen LogP contribution in [-0.4, -0.2) is 16.0 Å². The molecule has 104 valence electrons. The highest BCUT2D eigenvalue weighted by molar-refractivity contribution is 9.10. The fourth-order valence-corrected chi connectivity index (χ4v) is 1.77. The third-order valence-corrected chi connectivity index (χ3v) is 3.03. The number of aromatic nitrogens is 1. The molecule has 2 rings (SSSR count). The highest BCUT2D eigenvalue weighted by Crippen LogP contribution is 2.27. The van der Waals surface area contributed by atoms with Gasteiger partial charge in [-0.15, -0.1) is 0 Å². The van der Waals surface area contributed by atoms with Crippen LogP contribution >= 0.6 is 15.9 Å². The first-order valence-electron chi connectivity index (χ1n) is 5.19. The number of halogens is 4. The zero-order chi connectivity index (χ0) is 14.9. The third-order valence-electron chi connectivity index (χ3n) is 2.40. The van der Waals surface area contributed by atoms with Crippen LogP contribution in [0.15, 0.2) is 29.0 Å². The van der Waals surface area contributed by atoms with Crippen molar-refractivity contribution in [1.29, 1.82) is 0 Å². The molecule has 0 aliphatic carbocycles. The van der Waals surface area contributed by atoms with Crippen molar-refractivity contribution < 1.29 is 23.1 Å². The summed E-state index contributed by atoms with van der Waals surface area (Å²) in [6.45, 7) is 0. The van der Waals surface area contributed by atoms with Crippen LogP contribution in [0.5, 0.6) is 5.75 Å². The van der Waals surface area contributed by atoms with Crippen LogP contribution in [0.4, 0.5) is 18.9 Å². The number of carbonyl (C=O) groups excluding carboxylic acids is 1. The molecular weight excluding hydrogens is 341 g/mol. The molecule has 0 aliphatic heterocycles. The molecule has 2 aromatic rings. The minimum absolute atomic E-state index is 0.258. The molecule has 0 saturated heterocycles. The quantitative estimate of drug-likeness (QED) is 0.820. The van der Waals surface area contributed by atoms with Gasteiger partial charge >= 0.3 is 0 Å². The molecule has 8 heteroatoms. The minimum atomic E-state index is -1.75. The van der Waals surface area contributed by atoms with Gasteiger partial charge in [-0.1, -0.05) is 0 Å². The molecule has 0 bridgehead atoms. The molecule has 0 saturated carbocycles. The number of nitrogens with zero attached hydrogens (tertiary/aromatic N) is 1. The van der Waals surface area contributed by atoms with Gasteiger partial charge in [-0.25, -0.2) is 8.78 Å². The molecule has 1 amide bonds. The zero-order valence-corrected chi connectivity index (χ0v) is 11.2. The van der Waals surface area contributed by atoms with Gasteiger partial charge in [0.25, 0.3) is 5.91 Å². The lowest BCUT2D eigenvalue weighted by Gasteiger charge is -2.09. The van der Waals surface area contributed by atoms with Crippen molar-refractivity contribution in [3.05, 3.63) is 52.0 Å². The van der Waals surface area contributed by atoms with E-state index in [1.54, 1.807) is 0 Å². The number of anilines is 1. The lowest BCUT2D eigenvalue weighted by Crippen LogP contribution is -2.15. The molecule has 0 radical (unpaired) electrons. The Morgan fingerprint density at radius 2 is 2.00 bits per heavy atom. The van der Waals surface area contributed by atoms with Crippen molar-refractivity contribution in [1.82, 2.24) is 4.98 Å². The number of phenols is 1. The SMILES string of the molecule is O=C(Nc1ccncc1Br)c1cc(F)c(F)c(O)c1F. The maximum absolute atomic E-state index is 13.6. The normalized spacial score (nSPS) is 10.4. The number of pyridine rings is 1. The van der Waals surface area contributed by atoms with E-state index in [0.717, 1.165) is 0 Å². The topological polar surface area (TPSA) is 62.2 Å². The Bertz CT molecular complexity index is 695. The van der Waals surface area contributed by atoms with E-state index in [1.807, 2.05) is 0 Å². The van der Waals surface area contributed by atoms with Crippen molar-refractivity contribution in [3.8, 4) is 5.75 Å². The van der Waals surface area contributed by atoms with E-state index < -0.39 is 34.7 Å². The Labute approximate surface area is 119 Å². The standard InChI is InChI=1S/C12H6BrF3N2O2/c13-6-4-17-2-1-8(6)18-12(20)5-3-7(14)10(16)11(19)9(5)15/h1-4,19H,(H,17,18,20). The second-order valence-corrected chi connectivity index (χ2v) is 4.55. The molecule has 1 aromatic carbocycles. The lowest BCUT2D eigenvalue weighted by atomic mass is 10.1. The molecule has 0 aliphatic rings. The van der Waals surface area contributed by atoms with Crippen molar-refractivity contribution in [2.45, 2.75) is 0 Å². The number of nitrogens with one attached hydrogen (secondary N) is 1. The highest BCUT2D eigenvalue weighted by atomic mass is 79.9. The van der Waals surface area contributed by atoms with Crippen molar-refractivity contribution in [2.24, 2.45) is 0 Å². The Kier molecular flexibility index (Phi) is 3.93. The second kappa shape index (κ2) is 5.49. The summed E-state index contributed by atoms with van der Waals surface area (Å²) < 4.78 is 40.0. The number of benzene rings is 1. The zero-order valence-electron chi connectivity index (χ0n) is 9.62. The Morgan fingerprint density at radius 1 is 1.30 bits per heavy atom. The van der Waals surface area contributed by atoms with E-state index in [2.05, 4.69) is 26.2 Å². The predicted octanol–water partition coefficient (Wildman–Crippen LogP) is 3.22. The maximum atomic E-state index is 13.6. The summed E-state index contributed by atoms with van der Waals surface area (Å²) in [5, 5.41) is 11.3. The molecule has 0 atom stereocenters. The second-order valence-electron chi connectivity index (χ2n) is 3.69. The average molecular weight is 347 g/mol. The van der Waals surface area contributed by atoms with E-state index in [9.17, 15) is 18.0 Å². The van der Waals surface area contributed by atoms with Gasteiger partial charge in [0, 0.05) is 12.4 Å². The molecule has 1 heterocycles. The van der Waals surface area contributed by atoms with Crippen molar-refractivity contribution in [3.63, 3.8) is 0 Å². The Morgan fingerprint density at radius 3 is 2.65 bits per heavy atom. The number of hydrogen-bond acceptors (Lipinski definition) is 3. The van der Waals surface area contributed by atoms with Gasteiger partial charge in [-0.3, -0.25) is 9.78 Å². The van der Waals surface area contributed by atoms with Gasteiger partial charge in [-0.05, 0) is 28.1 Å². The fourth-order valence-electron chi connectivity index (χ4n) is 1.42. The molecule has 20 heavy (non-hydrogen) atoms. The summed E-state index contributed by atoms with van der Waals surface area (Å²) in [6, 6.07) is 1.79. The van der Waals surface area contributed by atoms with Crippen molar-refractivity contribution in [2.75, 3.05) is 5.32 Å². The van der Waals surface area contributed by atoms with Crippen LogP contribution in [0.1, 0.15) is 10.4 Å². The molecule has 2 N–H and O–H groups in total. The van der Waals surface area contributed by atoms with E-state index in [1.165, 1.54) is 18.5 Å². The highest BCUT2D eigenvalue weighted by Gasteiger charge is 2.22. The van der Waals surface area contributed by atoms with Crippen LogP contribution in [-0.2, 0) is 0 Å². The van der Waals surface area contributed by atoms with Crippen LogP contribution in [0.25, 0.3) is 0 Å². The van der Waals surface area contributed by atoms with Crippen LogP contribution in [0, 0.1) is 17.5 Å². The van der Waals surface area contributed by atoms with Gasteiger partial charge in [0.15, 0.2) is 17.4 Å². The monoisotopic (exact) mass is 346 g/mol. The molecule has 1 aromatic heterocycles. The molecule has 0 fully saturated rings. The van der Waals surface area contributed by atoms with E-state index in [-0.39, 0.29) is 5.69 Å². The number of hydrogen-bond donors (Lipinski definition) is 2. The predicted molar refractivity (Wildman–Crippen MR) is 67.9 cm³/mol. The van der Waals surface area contributed by atoms with Crippen LogP contribution in [0.3, 0.4) is 0 Å². The summed E-state index contributed by atoms with van der Waals surface area (Å²) in [7, 11) is 0. The largest absolute Gasteiger partial charge is 0.503 e. The Balaban J connectivity index is 2.38. The van der Waals surface area contributed by atoms with Crippen LogP contribution in [0.2, 0.25) is 0 Å². The van der Waals surface area contributed by atoms with Gasteiger partial charge in [0.2, 0.25) is 5.82 Å². The molecular formula is C12H6BrF3N2O2. The smallest absolute Gasteiger partial charge is 0.258 e. The summed E-state index contributed by atoms with van der Waals surface area (Å²) in [4.78, 5) is 15.6. The molecule has 0 unspecified atom stereocenters. The van der Waals surface area contributed by atoms with Gasteiger partial charge in [-0.2, -0.15) is 4.39 Å². The Hall–Kier alpha value is -2.09.